The lowest BCUT2D eigenvalue weighted by Gasteiger charge is -2.53. The van der Waals surface area contributed by atoms with Gasteiger partial charge in [0.1, 0.15) is 6.10 Å². The average Bonchev–Trinajstić information content (AvgIpc) is 2.57. The van der Waals surface area contributed by atoms with Gasteiger partial charge in [-0.2, -0.15) is 0 Å². The van der Waals surface area contributed by atoms with E-state index in [1.165, 1.54) is 6.92 Å². The number of carboxylic acids is 3. The highest BCUT2D eigenvalue weighted by Gasteiger charge is 2.64. The van der Waals surface area contributed by atoms with Crippen LogP contribution in [0.1, 0.15) is 53.9 Å². The van der Waals surface area contributed by atoms with Gasteiger partial charge in [0.2, 0.25) is 0 Å². The number of hydrazine groups is 1. The number of nitrogens with two attached hydrogens (primary N) is 2. The van der Waals surface area contributed by atoms with E-state index in [0.717, 1.165) is 0 Å². The number of carboxylic acid groups (broad SMARTS) is 3. The number of carbonyl (C=O) groups excluding carboxylic acids is 1. The second-order valence-corrected chi connectivity index (χ2v) is 8.34. The maximum Gasteiger partial charge on any atom is 0.336 e. The molecule has 0 aromatic heterocycles. The standard InChI is InChI=1S/C18H29NO8.H4N2/c1-7-11(12(20)21)18(13(22)23,14(24)25)15(26)27-10-8-16(2,3)19(6)17(4,5)9-10;1-2/h10-11H,7-9H2,1-6H3,(H,20,21)(H,22,23)(H,24,25);1-2H2. The van der Waals surface area contributed by atoms with Gasteiger partial charge in [-0.3, -0.25) is 35.8 Å². The van der Waals surface area contributed by atoms with Crippen LogP contribution in [-0.4, -0.2) is 68.3 Å². The van der Waals surface area contributed by atoms with Crippen molar-refractivity contribution in [2.75, 3.05) is 7.05 Å². The van der Waals surface area contributed by atoms with Gasteiger partial charge < -0.3 is 20.1 Å². The molecule has 0 aromatic carbocycles. The molecule has 1 aliphatic heterocycles. The molecule has 1 fully saturated rings. The summed E-state index contributed by atoms with van der Waals surface area (Å²) < 4.78 is 5.34. The van der Waals surface area contributed by atoms with Crippen molar-refractivity contribution in [3.05, 3.63) is 0 Å². The quantitative estimate of drug-likeness (QED) is 0.164. The lowest BCUT2D eigenvalue weighted by atomic mass is 9.73. The van der Waals surface area contributed by atoms with Crippen LogP contribution >= 0.6 is 0 Å². The number of esters is 1. The number of aliphatic carboxylic acids is 3. The maximum atomic E-state index is 12.8. The van der Waals surface area contributed by atoms with Crippen molar-refractivity contribution in [3.8, 4) is 0 Å². The summed E-state index contributed by atoms with van der Waals surface area (Å²) >= 11 is 0. The molecule has 0 bridgehead atoms. The highest BCUT2D eigenvalue weighted by molar-refractivity contribution is 6.19. The lowest BCUT2D eigenvalue weighted by Crippen LogP contribution is -2.61. The van der Waals surface area contributed by atoms with Crippen LogP contribution in [0, 0.1) is 11.3 Å². The first-order valence-electron chi connectivity index (χ1n) is 9.12. The van der Waals surface area contributed by atoms with Crippen LogP contribution in [0.5, 0.6) is 0 Å². The molecule has 0 radical (unpaired) electrons. The molecule has 11 nitrogen and oxygen atoms in total. The van der Waals surface area contributed by atoms with Crippen molar-refractivity contribution >= 4 is 23.9 Å². The maximum absolute atomic E-state index is 12.8. The van der Waals surface area contributed by atoms with Gasteiger partial charge in [-0.15, -0.1) is 0 Å². The minimum absolute atomic E-state index is 0.354. The molecule has 0 saturated carbocycles. The van der Waals surface area contributed by atoms with Crippen LogP contribution in [0.3, 0.4) is 0 Å². The Morgan fingerprint density at radius 1 is 1.03 bits per heavy atom. The minimum Gasteiger partial charge on any atom is -0.481 e. The Bertz CT molecular complexity index is 615. The Labute approximate surface area is 169 Å². The summed E-state index contributed by atoms with van der Waals surface area (Å²) in [4.78, 5) is 50.0. The number of piperidine rings is 1. The molecular weight excluding hydrogens is 386 g/mol. The van der Waals surface area contributed by atoms with Crippen LogP contribution in [0.15, 0.2) is 0 Å². The Kier molecular flexibility index (Phi) is 8.77. The van der Waals surface area contributed by atoms with E-state index < -0.39 is 52.4 Å². The molecule has 1 heterocycles. The van der Waals surface area contributed by atoms with Crippen molar-refractivity contribution < 1.29 is 39.2 Å². The molecular formula is C18H33N3O8. The van der Waals surface area contributed by atoms with E-state index in [0.29, 0.717) is 12.8 Å². The second-order valence-electron chi connectivity index (χ2n) is 8.34. The van der Waals surface area contributed by atoms with Crippen LogP contribution < -0.4 is 11.7 Å². The summed E-state index contributed by atoms with van der Waals surface area (Å²) in [5.74, 6) is -1.25. The average molecular weight is 419 g/mol. The first-order chi connectivity index (χ1) is 13.1. The topological polar surface area (TPSA) is 193 Å². The number of nitrogens with zero attached hydrogens (tertiary/aromatic N) is 1. The first kappa shape index (κ1) is 26.8. The van der Waals surface area contributed by atoms with Crippen molar-refractivity contribution in [2.24, 2.45) is 23.0 Å². The van der Waals surface area contributed by atoms with Crippen molar-refractivity contribution in [1.29, 1.82) is 0 Å². The van der Waals surface area contributed by atoms with Gasteiger partial charge in [0.25, 0.3) is 5.41 Å². The molecule has 1 atom stereocenters. The number of likely N-dealkylation sites (tertiary alicyclic amines) is 1. The SMILES string of the molecule is CCC(C(=O)O)C(C(=O)O)(C(=O)O)C(=O)OC1CC(C)(C)N(C)C(C)(C)C1.NN. The molecule has 11 heteroatoms. The molecule has 1 unspecified atom stereocenters. The van der Waals surface area contributed by atoms with Gasteiger partial charge in [-0.1, -0.05) is 6.92 Å². The molecule has 1 aliphatic rings. The van der Waals surface area contributed by atoms with Crippen LogP contribution in [0.2, 0.25) is 0 Å². The summed E-state index contributed by atoms with van der Waals surface area (Å²) in [6, 6.07) is 0. The fourth-order valence-electron chi connectivity index (χ4n) is 3.98. The summed E-state index contributed by atoms with van der Waals surface area (Å²) in [5.41, 5.74) is -3.98. The Morgan fingerprint density at radius 2 is 1.41 bits per heavy atom. The molecule has 29 heavy (non-hydrogen) atoms. The van der Waals surface area contributed by atoms with E-state index in [-0.39, 0.29) is 6.42 Å². The summed E-state index contributed by atoms with van der Waals surface area (Å²) in [6.07, 6.45) is -0.369. The molecule has 7 N–H and O–H groups in total. The fourth-order valence-corrected chi connectivity index (χ4v) is 3.98. The highest BCUT2D eigenvalue weighted by atomic mass is 16.6. The predicted octanol–water partition coefficient (Wildman–Crippen LogP) is 0.266. The second kappa shape index (κ2) is 9.51. The number of carbonyl (C=O) groups is 4. The highest BCUT2D eigenvalue weighted by Crippen LogP contribution is 2.40. The van der Waals surface area contributed by atoms with Crippen molar-refractivity contribution in [2.45, 2.75) is 71.1 Å². The number of ether oxygens (including phenoxy) is 1. The molecule has 0 aromatic rings. The minimum atomic E-state index is -3.20. The summed E-state index contributed by atoms with van der Waals surface area (Å²) in [5, 5.41) is 28.4. The van der Waals surface area contributed by atoms with Gasteiger partial charge in [0, 0.05) is 23.9 Å². The Hall–Kier alpha value is -2.24. The molecule has 1 saturated heterocycles. The third kappa shape index (κ3) is 5.03. The summed E-state index contributed by atoms with van der Waals surface area (Å²) in [6.45, 7) is 9.05. The smallest absolute Gasteiger partial charge is 0.336 e. The number of rotatable bonds is 7. The van der Waals surface area contributed by atoms with E-state index in [1.54, 1.807) is 0 Å². The van der Waals surface area contributed by atoms with Gasteiger partial charge in [-0.05, 0) is 41.2 Å². The molecule has 0 aliphatic carbocycles. The Morgan fingerprint density at radius 3 is 1.69 bits per heavy atom. The van der Waals surface area contributed by atoms with Gasteiger partial charge in [0.05, 0.1) is 5.92 Å². The normalized spacial score (nSPS) is 20.0. The predicted molar refractivity (Wildman–Crippen MR) is 103 cm³/mol. The first-order valence-corrected chi connectivity index (χ1v) is 9.12. The Balaban J connectivity index is 0.00000379. The third-order valence-corrected chi connectivity index (χ3v) is 5.77. The van der Waals surface area contributed by atoms with Gasteiger partial charge in [0.15, 0.2) is 0 Å². The van der Waals surface area contributed by atoms with Crippen molar-refractivity contribution in [1.82, 2.24) is 4.90 Å². The van der Waals surface area contributed by atoms with E-state index in [2.05, 4.69) is 16.6 Å². The number of hydrogen-bond donors (Lipinski definition) is 5. The fraction of sp³-hybridized carbons (Fsp3) is 0.778. The van der Waals surface area contributed by atoms with Crippen LogP contribution in [0.4, 0.5) is 0 Å². The molecule has 168 valence electrons. The molecule has 0 spiro atoms. The lowest BCUT2D eigenvalue weighted by molar-refractivity contribution is -0.194. The third-order valence-electron chi connectivity index (χ3n) is 5.77. The van der Waals surface area contributed by atoms with E-state index >= 15 is 0 Å². The van der Waals surface area contributed by atoms with Crippen LogP contribution in [0.25, 0.3) is 0 Å². The van der Waals surface area contributed by atoms with E-state index in [1.807, 2.05) is 34.7 Å². The monoisotopic (exact) mass is 419 g/mol. The zero-order valence-electron chi connectivity index (χ0n) is 17.8. The van der Waals surface area contributed by atoms with Gasteiger partial charge in [-0.25, -0.2) is 0 Å². The summed E-state index contributed by atoms with van der Waals surface area (Å²) in [7, 11) is 1.92. The molecule has 1 rings (SSSR count). The van der Waals surface area contributed by atoms with E-state index in [4.69, 9.17) is 4.74 Å². The zero-order valence-corrected chi connectivity index (χ0v) is 17.8. The van der Waals surface area contributed by atoms with Crippen molar-refractivity contribution in [3.63, 3.8) is 0 Å². The zero-order chi connectivity index (χ0) is 23.4. The van der Waals surface area contributed by atoms with Crippen LogP contribution in [-0.2, 0) is 23.9 Å². The van der Waals surface area contributed by atoms with Gasteiger partial charge >= 0.3 is 23.9 Å². The number of hydrogen-bond acceptors (Lipinski definition) is 8. The largest absolute Gasteiger partial charge is 0.481 e. The van der Waals surface area contributed by atoms with E-state index in [9.17, 15) is 34.5 Å². The molecule has 0 amide bonds.